The van der Waals surface area contributed by atoms with Crippen LogP contribution in [0, 0.1) is 0 Å². The maximum absolute atomic E-state index is 12.4. The number of esters is 1. The van der Waals surface area contributed by atoms with Crippen LogP contribution in [0.15, 0.2) is 71.3 Å². The van der Waals surface area contributed by atoms with Crippen molar-refractivity contribution in [2.24, 2.45) is 0 Å². The molecule has 0 spiro atoms. The zero-order valence-corrected chi connectivity index (χ0v) is 18.9. The largest absolute Gasteiger partial charge is 0.463 e. The highest BCUT2D eigenvalue weighted by molar-refractivity contribution is 8.00. The Morgan fingerprint density at radius 2 is 1.64 bits per heavy atom. The van der Waals surface area contributed by atoms with Gasteiger partial charge in [0.2, 0.25) is 0 Å². The molecular formula is C24H17N3O4S2. The molecule has 5 rings (SSSR count). The van der Waals surface area contributed by atoms with Gasteiger partial charge in [-0.15, -0.1) is 11.3 Å². The summed E-state index contributed by atoms with van der Waals surface area (Å²) in [6.07, 6.45) is 1.49. The number of amides is 2. The molecule has 0 radical (unpaired) electrons. The number of imide groups is 1. The van der Waals surface area contributed by atoms with Crippen molar-refractivity contribution in [3.05, 3.63) is 77.4 Å². The summed E-state index contributed by atoms with van der Waals surface area (Å²) in [6, 6.07) is 16.6. The lowest BCUT2D eigenvalue weighted by atomic mass is 10.1. The molecule has 164 valence electrons. The molecule has 0 atom stereocenters. The van der Waals surface area contributed by atoms with Gasteiger partial charge in [0.15, 0.2) is 0 Å². The number of thiophene rings is 1. The topological polar surface area (TPSA) is 89.5 Å². The van der Waals surface area contributed by atoms with E-state index in [-0.39, 0.29) is 30.7 Å². The van der Waals surface area contributed by atoms with E-state index in [2.05, 4.69) is 9.97 Å². The van der Waals surface area contributed by atoms with Crippen LogP contribution in [0.2, 0.25) is 0 Å². The van der Waals surface area contributed by atoms with Gasteiger partial charge in [-0.25, -0.2) is 9.97 Å². The maximum Gasteiger partial charge on any atom is 0.316 e. The Morgan fingerprint density at radius 1 is 0.939 bits per heavy atom. The Kier molecular flexibility index (Phi) is 5.89. The summed E-state index contributed by atoms with van der Waals surface area (Å²) >= 11 is 2.81. The number of ether oxygens (including phenoxy) is 1. The lowest BCUT2D eigenvalue weighted by molar-refractivity contribution is -0.140. The third-order valence-corrected chi connectivity index (χ3v) is 7.05. The van der Waals surface area contributed by atoms with Crippen molar-refractivity contribution in [1.82, 2.24) is 14.9 Å². The first-order chi connectivity index (χ1) is 16.1. The normalized spacial score (nSPS) is 12.9. The predicted molar refractivity (Wildman–Crippen MR) is 126 cm³/mol. The summed E-state index contributed by atoms with van der Waals surface area (Å²) < 4.78 is 5.28. The number of hydrogen-bond acceptors (Lipinski definition) is 8. The fourth-order valence-corrected chi connectivity index (χ4v) is 5.44. The highest BCUT2D eigenvalue weighted by Gasteiger charge is 2.34. The second-order valence-corrected chi connectivity index (χ2v) is 9.01. The highest BCUT2D eigenvalue weighted by atomic mass is 32.2. The van der Waals surface area contributed by atoms with Crippen LogP contribution in [0.4, 0.5) is 0 Å². The van der Waals surface area contributed by atoms with Gasteiger partial charge in [0.25, 0.3) is 11.8 Å². The van der Waals surface area contributed by atoms with Gasteiger partial charge in [0.05, 0.1) is 28.8 Å². The van der Waals surface area contributed by atoms with E-state index in [1.807, 2.05) is 35.7 Å². The second kappa shape index (κ2) is 9.13. The minimum Gasteiger partial charge on any atom is -0.463 e. The van der Waals surface area contributed by atoms with Crippen LogP contribution in [-0.4, -0.2) is 51.6 Å². The van der Waals surface area contributed by atoms with E-state index >= 15 is 0 Å². The molecule has 1 aliphatic heterocycles. The highest BCUT2D eigenvalue weighted by Crippen LogP contribution is 2.37. The molecule has 0 N–H and O–H groups in total. The van der Waals surface area contributed by atoms with Crippen LogP contribution in [-0.2, 0) is 9.53 Å². The minimum atomic E-state index is -0.445. The van der Waals surface area contributed by atoms with E-state index in [9.17, 15) is 14.4 Å². The Morgan fingerprint density at radius 3 is 2.36 bits per heavy atom. The Hall–Kier alpha value is -3.56. The first kappa shape index (κ1) is 21.3. The number of hydrogen-bond donors (Lipinski definition) is 0. The minimum absolute atomic E-state index is 0.0171. The summed E-state index contributed by atoms with van der Waals surface area (Å²) in [5, 5.41) is 3.66. The van der Waals surface area contributed by atoms with Crippen molar-refractivity contribution in [2.75, 3.05) is 18.9 Å². The number of fused-ring (bicyclic) bond motifs is 2. The van der Waals surface area contributed by atoms with Crippen molar-refractivity contribution in [1.29, 1.82) is 0 Å². The molecule has 4 aromatic rings. The Labute approximate surface area is 197 Å². The number of carbonyl (C=O) groups excluding carboxylic acids is 3. The third-order valence-electron chi connectivity index (χ3n) is 5.20. The first-order valence-electron chi connectivity index (χ1n) is 10.1. The molecule has 0 aliphatic carbocycles. The molecule has 2 aromatic heterocycles. The quantitative estimate of drug-likeness (QED) is 0.170. The number of nitrogens with zero attached hydrogens (tertiary/aromatic N) is 3. The third kappa shape index (κ3) is 4.12. The van der Waals surface area contributed by atoms with Crippen molar-refractivity contribution < 1.29 is 19.1 Å². The van der Waals surface area contributed by atoms with Crippen LogP contribution >= 0.6 is 23.1 Å². The number of aromatic nitrogens is 2. The van der Waals surface area contributed by atoms with Crippen molar-refractivity contribution in [2.45, 2.75) is 5.03 Å². The lowest BCUT2D eigenvalue weighted by Gasteiger charge is -2.13. The van der Waals surface area contributed by atoms with Gasteiger partial charge in [-0.1, -0.05) is 54.2 Å². The molecule has 7 nitrogen and oxygen atoms in total. The van der Waals surface area contributed by atoms with E-state index in [0.29, 0.717) is 16.2 Å². The summed E-state index contributed by atoms with van der Waals surface area (Å²) in [6.45, 7) is -0.0407. The molecule has 2 aromatic carbocycles. The molecular weight excluding hydrogens is 458 g/mol. The monoisotopic (exact) mass is 475 g/mol. The molecule has 9 heteroatoms. The zero-order chi connectivity index (χ0) is 22.8. The second-order valence-electron chi connectivity index (χ2n) is 7.19. The van der Waals surface area contributed by atoms with Crippen LogP contribution in [0.3, 0.4) is 0 Å². The molecule has 0 saturated carbocycles. The standard InChI is InChI=1S/C24H17N3O4S2/c28-19(31-11-10-27-23(29)16-8-4-5-9-17(16)24(27)30)13-33-22-20-18(15-6-2-1-3-7-15)12-32-21(20)25-14-26-22/h1-9,12,14H,10-11,13H2. The predicted octanol–water partition coefficient (Wildman–Crippen LogP) is 4.29. The van der Waals surface area contributed by atoms with E-state index in [1.54, 1.807) is 24.3 Å². The van der Waals surface area contributed by atoms with Gasteiger partial charge in [-0.05, 0) is 17.7 Å². The van der Waals surface area contributed by atoms with Crippen LogP contribution in [0.5, 0.6) is 0 Å². The van der Waals surface area contributed by atoms with Gasteiger partial charge in [-0.3, -0.25) is 19.3 Å². The Balaban J connectivity index is 1.21. The van der Waals surface area contributed by atoms with E-state index in [1.165, 1.54) is 29.4 Å². The average molecular weight is 476 g/mol. The van der Waals surface area contributed by atoms with E-state index < -0.39 is 5.97 Å². The van der Waals surface area contributed by atoms with Crippen LogP contribution in [0.1, 0.15) is 20.7 Å². The molecule has 0 bridgehead atoms. The molecule has 2 amide bonds. The van der Waals surface area contributed by atoms with Gasteiger partial charge in [-0.2, -0.15) is 0 Å². The maximum atomic E-state index is 12.4. The molecule has 0 fully saturated rings. The van der Waals surface area contributed by atoms with Crippen LogP contribution in [0.25, 0.3) is 21.3 Å². The zero-order valence-electron chi connectivity index (χ0n) is 17.3. The average Bonchev–Trinajstić information content (AvgIpc) is 3.39. The molecule has 1 aliphatic rings. The van der Waals surface area contributed by atoms with Gasteiger partial charge < -0.3 is 4.74 Å². The van der Waals surface area contributed by atoms with Crippen molar-refractivity contribution in [3.8, 4) is 11.1 Å². The number of benzene rings is 2. The smallest absolute Gasteiger partial charge is 0.316 e. The summed E-state index contributed by atoms with van der Waals surface area (Å²) in [7, 11) is 0. The SMILES string of the molecule is O=C(CSc1ncnc2scc(-c3ccccc3)c12)OCCN1C(=O)c2ccccc2C1=O. The van der Waals surface area contributed by atoms with E-state index in [4.69, 9.17) is 4.74 Å². The number of rotatable bonds is 7. The van der Waals surface area contributed by atoms with Crippen molar-refractivity contribution in [3.63, 3.8) is 0 Å². The number of thioether (sulfide) groups is 1. The summed E-state index contributed by atoms with van der Waals surface area (Å²) in [4.78, 5) is 47.8. The van der Waals surface area contributed by atoms with Gasteiger partial charge in [0.1, 0.15) is 22.8 Å². The van der Waals surface area contributed by atoms with Crippen molar-refractivity contribution >= 4 is 51.1 Å². The Bertz CT molecular complexity index is 1340. The van der Waals surface area contributed by atoms with E-state index in [0.717, 1.165) is 26.2 Å². The lowest BCUT2D eigenvalue weighted by Crippen LogP contribution is -2.33. The summed E-state index contributed by atoms with van der Waals surface area (Å²) in [5.41, 5.74) is 2.84. The molecule has 3 heterocycles. The molecule has 0 saturated heterocycles. The van der Waals surface area contributed by atoms with Gasteiger partial charge in [0, 0.05) is 10.9 Å². The molecule has 33 heavy (non-hydrogen) atoms. The molecule has 0 unspecified atom stereocenters. The fraction of sp³-hybridized carbons (Fsp3) is 0.125. The van der Waals surface area contributed by atoms with Crippen LogP contribution < -0.4 is 0 Å². The first-order valence-corrected chi connectivity index (χ1v) is 12.0. The summed E-state index contributed by atoms with van der Waals surface area (Å²) in [5.74, 6) is -1.12. The number of carbonyl (C=O) groups is 3. The fourth-order valence-electron chi connectivity index (χ4n) is 3.65. The van der Waals surface area contributed by atoms with Gasteiger partial charge >= 0.3 is 5.97 Å².